The molecule has 3 aromatic carbocycles. The second-order valence-corrected chi connectivity index (χ2v) is 14.0. The molecule has 0 aliphatic heterocycles. The number of nitrogens with two attached hydrogens (primary N) is 1. The highest BCUT2D eigenvalue weighted by molar-refractivity contribution is 7.92. The van der Waals surface area contributed by atoms with Gasteiger partial charge in [0.15, 0.2) is 23.0 Å². The van der Waals surface area contributed by atoms with Gasteiger partial charge >= 0.3 is 7.60 Å². The van der Waals surface area contributed by atoms with E-state index in [-0.39, 0.29) is 58.9 Å². The third-order valence-electron chi connectivity index (χ3n) is 5.87. The van der Waals surface area contributed by atoms with E-state index in [1.807, 2.05) is 4.72 Å². The van der Waals surface area contributed by atoms with Crippen molar-refractivity contribution in [3.8, 4) is 34.8 Å². The van der Waals surface area contributed by atoms with Crippen LogP contribution in [0.3, 0.4) is 0 Å². The Morgan fingerprint density at radius 3 is 2.53 bits per heavy atom. The van der Waals surface area contributed by atoms with Crippen molar-refractivity contribution in [3.63, 3.8) is 0 Å². The van der Waals surface area contributed by atoms with E-state index in [0.717, 1.165) is 29.5 Å². The first-order valence-electron chi connectivity index (χ1n) is 12.9. The number of phenols is 2. The van der Waals surface area contributed by atoms with Gasteiger partial charge in [-0.15, -0.1) is 11.3 Å². The molecule has 4 rings (SSSR count). The molecular formula is C27H26FN4O10PS2. The molecule has 0 fully saturated rings. The summed E-state index contributed by atoms with van der Waals surface area (Å²) in [7, 11) is -8.95. The molecular weight excluding hydrogens is 654 g/mol. The zero-order valence-corrected chi connectivity index (χ0v) is 25.6. The molecule has 14 nitrogen and oxygen atoms in total. The lowest BCUT2D eigenvalue weighted by Crippen LogP contribution is -2.28. The number of carbonyl (C=O) groups excluding carboxylic acids is 1. The number of hydrogen-bond acceptors (Lipinski definition) is 12. The second kappa shape index (κ2) is 14.1. The van der Waals surface area contributed by atoms with Crippen LogP contribution >= 0.6 is 18.9 Å². The van der Waals surface area contributed by atoms with Gasteiger partial charge in [0.2, 0.25) is 0 Å². The van der Waals surface area contributed by atoms with E-state index in [0.29, 0.717) is 10.1 Å². The fourth-order valence-electron chi connectivity index (χ4n) is 3.76. The Bertz CT molecular complexity index is 1930. The van der Waals surface area contributed by atoms with Gasteiger partial charge in [-0.05, 0) is 41.8 Å². The van der Waals surface area contributed by atoms with Crippen LogP contribution in [0.25, 0.3) is 10.1 Å². The summed E-state index contributed by atoms with van der Waals surface area (Å²) in [6.07, 6.45) is -1.03. The van der Waals surface area contributed by atoms with E-state index in [1.165, 1.54) is 36.4 Å². The number of nitriles is 1. The van der Waals surface area contributed by atoms with Crippen molar-refractivity contribution in [1.82, 2.24) is 10.0 Å². The first-order valence-corrected chi connectivity index (χ1v) is 16.9. The number of para-hydroxylation sites is 1. The maximum Gasteiger partial charge on any atom is 0.391 e. The first kappa shape index (κ1) is 33.5. The summed E-state index contributed by atoms with van der Waals surface area (Å²) >= 11 is 0.843. The van der Waals surface area contributed by atoms with Gasteiger partial charge in [-0.1, -0.05) is 6.07 Å². The largest absolute Gasteiger partial charge is 0.504 e. The van der Waals surface area contributed by atoms with Gasteiger partial charge in [-0.3, -0.25) is 4.79 Å². The number of fused-ring (bicyclic) bond motifs is 1. The number of carbonyl (C=O) groups is 1. The number of halogens is 1. The van der Waals surface area contributed by atoms with Crippen molar-refractivity contribution >= 4 is 44.9 Å². The average molecular weight is 681 g/mol. The molecule has 1 unspecified atom stereocenters. The molecule has 0 aliphatic carbocycles. The third kappa shape index (κ3) is 8.39. The van der Waals surface area contributed by atoms with Crippen molar-refractivity contribution in [2.45, 2.75) is 4.21 Å². The van der Waals surface area contributed by atoms with E-state index in [2.05, 4.69) is 5.32 Å². The number of nitrogens with zero attached hydrogens (tertiary/aromatic N) is 1. The van der Waals surface area contributed by atoms with E-state index >= 15 is 0 Å². The van der Waals surface area contributed by atoms with E-state index in [4.69, 9.17) is 25.0 Å². The van der Waals surface area contributed by atoms with Crippen molar-refractivity contribution < 1.29 is 51.3 Å². The molecule has 1 amide bonds. The van der Waals surface area contributed by atoms with Gasteiger partial charge in [0.05, 0.1) is 17.7 Å². The van der Waals surface area contributed by atoms with Crippen molar-refractivity contribution in [2.24, 2.45) is 5.73 Å². The van der Waals surface area contributed by atoms with Gasteiger partial charge in [0.1, 0.15) is 41.3 Å². The summed E-state index contributed by atoms with van der Waals surface area (Å²) in [5, 5.41) is 31.2. The summed E-state index contributed by atoms with van der Waals surface area (Å²) in [5.74, 6) is -2.54. The number of amides is 1. The number of thiophene rings is 1. The van der Waals surface area contributed by atoms with Crippen molar-refractivity contribution in [1.29, 1.82) is 5.26 Å². The zero-order valence-electron chi connectivity index (χ0n) is 23.1. The molecule has 0 bridgehead atoms. The Balaban J connectivity index is 1.44. The third-order valence-corrected chi connectivity index (χ3v) is 10.1. The second-order valence-electron chi connectivity index (χ2n) is 9.11. The van der Waals surface area contributed by atoms with Crippen molar-refractivity contribution in [2.75, 3.05) is 32.6 Å². The van der Waals surface area contributed by atoms with Crippen LogP contribution in [0.4, 0.5) is 4.39 Å². The van der Waals surface area contributed by atoms with Crippen LogP contribution in [0.5, 0.6) is 28.7 Å². The molecule has 0 radical (unpaired) electrons. The maximum atomic E-state index is 13.8. The van der Waals surface area contributed by atoms with Crippen LogP contribution in [-0.2, 0) is 14.6 Å². The first-order chi connectivity index (χ1) is 21.3. The quantitative estimate of drug-likeness (QED) is 0.0641. The predicted octanol–water partition coefficient (Wildman–Crippen LogP) is 2.97. The smallest absolute Gasteiger partial charge is 0.391 e. The van der Waals surface area contributed by atoms with Gasteiger partial charge in [0.25, 0.3) is 15.9 Å². The molecule has 1 heterocycles. The Labute approximate surface area is 260 Å². The molecule has 0 aliphatic rings. The van der Waals surface area contributed by atoms with Gasteiger partial charge in [-0.25, -0.2) is 17.4 Å². The van der Waals surface area contributed by atoms with Crippen LogP contribution in [0.15, 0.2) is 58.8 Å². The van der Waals surface area contributed by atoms with E-state index in [9.17, 15) is 37.3 Å². The Morgan fingerprint density at radius 2 is 1.82 bits per heavy atom. The Kier molecular flexibility index (Phi) is 10.5. The maximum absolute atomic E-state index is 13.8. The number of nitrogens with one attached hydrogen (secondary N) is 2. The predicted molar refractivity (Wildman–Crippen MR) is 161 cm³/mol. The fraction of sp³-hybridized carbons (Fsp3) is 0.185. The number of sulfonamides is 1. The van der Waals surface area contributed by atoms with Crippen molar-refractivity contribution in [3.05, 3.63) is 71.5 Å². The number of phenolic OH excluding ortho intramolecular Hbond substituents is 2. The fourth-order valence-corrected chi connectivity index (χ4v) is 7.72. The van der Waals surface area contributed by atoms with Crippen LogP contribution < -0.4 is 29.8 Å². The summed E-state index contributed by atoms with van der Waals surface area (Å²) in [5.41, 5.74) is 5.12. The highest BCUT2D eigenvalue weighted by Crippen LogP contribution is 2.43. The monoisotopic (exact) mass is 680 g/mol. The average Bonchev–Trinajstić information content (AvgIpc) is 3.42. The summed E-state index contributed by atoms with van der Waals surface area (Å²) in [6, 6.07) is 12.8. The standard InChI is InChI=1S/C27H26FN4O10PS2/c28-20-12-18(5-4-16(20)14-30)42-43(36,37)15-32-45(38,39)25-11-17-10-22(23(40-8-6-29)13-24(17)44-25)41-9-7-31-27(35)19-2-1-3-21(33)26(19)34/h1-5,10-13,32-34H,6-9,15,29H2,(H,31,35)(H,36,37). The minimum absolute atomic E-state index is 0.00607. The number of benzene rings is 3. The van der Waals surface area contributed by atoms with Gasteiger partial charge in [-0.2, -0.15) is 9.98 Å². The number of ether oxygens (including phenoxy) is 2. The Hall–Kier alpha value is -4.43. The molecule has 1 atom stereocenters. The highest BCUT2D eigenvalue weighted by atomic mass is 32.2. The lowest BCUT2D eigenvalue weighted by atomic mass is 10.1. The van der Waals surface area contributed by atoms with E-state index < -0.39 is 47.1 Å². The lowest BCUT2D eigenvalue weighted by molar-refractivity contribution is 0.0943. The SMILES string of the molecule is N#Cc1ccc(OP(=O)(O)CNS(=O)(=O)c2cc3cc(OCCNC(=O)c4cccc(O)c4O)c(OCCN)cc3s2)cc1F. The molecule has 238 valence electrons. The molecule has 4 aromatic rings. The number of rotatable bonds is 14. The molecule has 0 saturated carbocycles. The molecule has 45 heavy (non-hydrogen) atoms. The van der Waals surface area contributed by atoms with Crippen LogP contribution in [0.1, 0.15) is 15.9 Å². The molecule has 0 saturated heterocycles. The topological polar surface area (TPSA) is 231 Å². The van der Waals surface area contributed by atoms with Gasteiger partial charge < -0.3 is 40.2 Å². The molecule has 7 N–H and O–H groups in total. The minimum Gasteiger partial charge on any atom is -0.504 e. The Morgan fingerprint density at radius 1 is 1.09 bits per heavy atom. The summed E-state index contributed by atoms with van der Waals surface area (Å²) in [6.45, 7) is 0.227. The minimum atomic E-state index is -4.63. The molecule has 0 spiro atoms. The summed E-state index contributed by atoms with van der Waals surface area (Å²) < 4.78 is 70.9. The van der Waals surface area contributed by atoms with Crippen LogP contribution in [0.2, 0.25) is 0 Å². The zero-order chi connectivity index (χ0) is 32.8. The van der Waals surface area contributed by atoms with E-state index in [1.54, 1.807) is 6.07 Å². The molecule has 18 heteroatoms. The van der Waals surface area contributed by atoms with Crippen LogP contribution in [0, 0.1) is 17.1 Å². The van der Waals surface area contributed by atoms with Gasteiger partial charge in [0, 0.05) is 23.4 Å². The number of aromatic hydroxyl groups is 2. The summed E-state index contributed by atoms with van der Waals surface area (Å²) in [4.78, 5) is 22.5. The lowest BCUT2D eigenvalue weighted by Gasteiger charge is -2.14. The molecule has 1 aromatic heterocycles. The number of hydrogen-bond donors (Lipinski definition) is 6. The normalized spacial score (nSPS) is 12.7. The highest BCUT2D eigenvalue weighted by Gasteiger charge is 2.27. The van der Waals surface area contributed by atoms with Crippen LogP contribution in [-0.4, -0.2) is 62.0 Å².